The Morgan fingerprint density at radius 3 is 2.85 bits per heavy atom. The number of benzene rings is 1. The fourth-order valence-corrected chi connectivity index (χ4v) is 3.57. The minimum absolute atomic E-state index is 0.247. The molecule has 166 valence electrons. The molecule has 0 bridgehead atoms. The summed E-state index contributed by atoms with van der Waals surface area (Å²) in [6.07, 6.45) is 4.73. The topological polar surface area (TPSA) is 124 Å². The summed E-state index contributed by atoms with van der Waals surface area (Å²) >= 11 is 0. The molecule has 0 radical (unpaired) electrons. The van der Waals surface area contributed by atoms with Crippen molar-refractivity contribution in [2.45, 2.75) is 26.0 Å². The van der Waals surface area contributed by atoms with Gasteiger partial charge in [0, 0.05) is 17.3 Å². The van der Waals surface area contributed by atoms with Gasteiger partial charge in [-0.2, -0.15) is 4.98 Å². The maximum absolute atomic E-state index is 13.1. The van der Waals surface area contributed by atoms with Crippen molar-refractivity contribution in [1.82, 2.24) is 29.5 Å². The van der Waals surface area contributed by atoms with Crippen LogP contribution in [0.15, 0.2) is 70.8 Å². The number of pyridine rings is 1. The van der Waals surface area contributed by atoms with E-state index in [1.54, 1.807) is 55.1 Å². The minimum Gasteiger partial charge on any atom is -0.384 e. The zero-order valence-corrected chi connectivity index (χ0v) is 18.1. The molecule has 4 aromatic heterocycles. The molecule has 0 saturated heterocycles. The summed E-state index contributed by atoms with van der Waals surface area (Å²) in [6, 6.07) is 10.7. The highest BCUT2D eigenvalue weighted by Gasteiger charge is 2.21. The first kappa shape index (κ1) is 20.6. The Balaban J connectivity index is 1.66. The van der Waals surface area contributed by atoms with Crippen molar-refractivity contribution < 1.29 is 9.63 Å². The normalized spacial score (nSPS) is 11.8. The molecule has 5 rings (SSSR count). The molecule has 0 aliphatic rings. The van der Waals surface area contributed by atoms with Crippen LogP contribution in [-0.4, -0.2) is 34.6 Å². The number of hydrogen-bond acceptors (Lipinski definition) is 8. The standard InChI is InChI=1S/C23H21N7O3/c1-4-10-29-21(31)16-13-24-22(26-15-8-9-17-14(11-15)12-25-33-17)28-20(16)30(29)19-7-5-6-18(27-19)23(2,3)32/h4-9,11-13,32H,1,10H2,2-3H3,(H,24,26,28). The second-order valence-electron chi connectivity index (χ2n) is 8.06. The molecular formula is C23H21N7O3. The molecule has 5 aromatic rings. The average Bonchev–Trinajstić information content (AvgIpc) is 3.36. The van der Waals surface area contributed by atoms with Crippen LogP contribution in [0.1, 0.15) is 19.5 Å². The van der Waals surface area contributed by atoms with Crippen molar-refractivity contribution in [3.8, 4) is 5.82 Å². The first-order chi connectivity index (χ1) is 15.8. The highest BCUT2D eigenvalue weighted by atomic mass is 16.5. The predicted molar refractivity (Wildman–Crippen MR) is 124 cm³/mol. The van der Waals surface area contributed by atoms with Crippen LogP contribution in [-0.2, 0) is 12.1 Å². The number of aromatic nitrogens is 6. The van der Waals surface area contributed by atoms with Crippen LogP contribution < -0.4 is 10.9 Å². The maximum Gasteiger partial charge on any atom is 0.278 e. The molecule has 10 nitrogen and oxygen atoms in total. The zero-order valence-electron chi connectivity index (χ0n) is 18.1. The SMILES string of the molecule is C=CCn1c(=O)c2cnc(Nc3ccc4oncc4c3)nc2n1-c1cccc(C(C)(C)O)n1. The van der Waals surface area contributed by atoms with E-state index in [4.69, 9.17) is 4.52 Å². The Morgan fingerprint density at radius 2 is 2.06 bits per heavy atom. The van der Waals surface area contributed by atoms with Crippen molar-refractivity contribution >= 4 is 33.6 Å². The molecule has 0 spiro atoms. The Kier molecular flexibility index (Phi) is 4.79. The lowest BCUT2D eigenvalue weighted by atomic mass is 10.1. The van der Waals surface area contributed by atoms with Gasteiger partial charge < -0.3 is 14.9 Å². The zero-order chi connectivity index (χ0) is 23.2. The van der Waals surface area contributed by atoms with Gasteiger partial charge in [-0.25, -0.2) is 19.3 Å². The van der Waals surface area contributed by atoms with E-state index in [0.717, 1.165) is 11.1 Å². The number of hydrogen-bond donors (Lipinski definition) is 2. The molecule has 0 atom stereocenters. The van der Waals surface area contributed by atoms with E-state index >= 15 is 0 Å². The third kappa shape index (κ3) is 3.66. The van der Waals surface area contributed by atoms with Crippen molar-refractivity contribution in [2.24, 2.45) is 0 Å². The summed E-state index contributed by atoms with van der Waals surface area (Å²) in [5, 5.41) is 18.5. The maximum atomic E-state index is 13.1. The highest BCUT2D eigenvalue weighted by Crippen LogP contribution is 2.23. The van der Waals surface area contributed by atoms with E-state index in [0.29, 0.717) is 34.1 Å². The van der Waals surface area contributed by atoms with Gasteiger partial charge in [0.25, 0.3) is 5.56 Å². The number of fused-ring (bicyclic) bond motifs is 2. The molecule has 0 fully saturated rings. The molecule has 0 unspecified atom stereocenters. The number of allylic oxidation sites excluding steroid dienone is 1. The minimum atomic E-state index is -1.15. The van der Waals surface area contributed by atoms with Gasteiger partial charge in [-0.3, -0.25) is 4.79 Å². The van der Waals surface area contributed by atoms with Crippen molar-refractivity contribution in [1.29, 1.82) is 0 Å². The predicted octanol–water partition coefficient (Wildman–Crippen LogP) is 3.28. The lowest BCUT2D eigenvalue weighted by Crippen LogP contribution is -2.23. The first-order valence-corrected chi connectivity index (χ1v) is 10.3. The number of aliphatic hydroxyl groups is 1. The van der Waals surface area contributed by atoms with Gasteiger partial charge in [0.2, 0.25) is 5.95 Å². The molecule has 4 heterocycles. The Bertz CT molecular complexity index is 1560. The van der Waals surface area contributed by atoms with Gasteiger partial charge in [-0.1, -0.05) is 17.3 Å². The molecular weight excluding hydrogens is 422 g/mol. The lowest BCUT2D eigenvalue weighted by molar-refractivity contribution is 0.0738. The summed E-state index contributed by atoms with van der Waals surface area (Å²) in [7, 11) is 0. The fraction of sp³-hybridized carbons (Fsp3) is 0.174. The van der Waals surface area contributed by atoms with Crippen LogP contribution in [0.3, 0.4) is 0 Å². The van der Waals surface area contributed by atoms with Crippen molar-refractivity contribution in [3.63, 3.8) is 0 Å². The van der Waals surface area contributed by atoms with Crippen LogP contribution in [0.2, 0.25) is 0 Å². The Labute approximate surface area is 187 Å². The monoisotopic (exact) mass is 443 g/mol. The number of nitrogens with zero attached hydrogens (tertiary/aromatic N) is 6. The van der Waals surface area contributed by atoms with E-state index in [2.05, 4.69) is 32.0 Å². The van der Waals surface area contributed by atoms with Gasteiger partial charge in [0.05, 0.1) is 18.4 Å². The van der Waals surface area contributed by atoms with Gasteiger partial charge in [0.15, 0.2) is 17.0 Å². The highest BCUT2D eigenvalue weighted by molar-refractivity contribution is 5.81. The van der Waals surface area contributed by atoms with E-state index in [-0.39, 0.29) is 12.1 Å². The lowest BCUT2D eigenvalue weighted by Gasteiger charge is -2.18. The molecule has 10 heteroatoms. The Morgan fingerprint density at radius 1 is 1.21 bits per heavy atom. The van der Waals surface area contributed by atoms with Crippen LogP contribution >= 0.6 is 0 Å². The van der Waals surface area contributed by atoms with Crippen LogP contribution in [0.25, 0.3) is 27.8 Å². The van der Waals surface area contributed by atoms with E-state index < -0.39 is 5.60 Å². The largest absolute Gasteiger partial charge is 0.384 e. The quantitative estimate of drug-likeness (QED) is 0.383. The molecule has 0 saturated carbocycles. The van der Waals surface area contributed by atoms with E-state index in [1.807, 2.05) is 12.1 Å². The summed E-state index contributed by atoms with van der Waals surface area (Å²) in [4.78, 5) is 26.6. The van der Waals surface area contributed by atoms with E-state index in [9.17, 15) is 9.90 Å². The summed E-state index contributed by atoms with van der Waals surface area (Å²) in [5.74, 6) is 0.751. The second-order valence-corrected chi connectivity index (χ2v) is 8.06. The number of nitrogens with one attached hydrogen (secondary N) is 1. The average molecular weight is 443 g/mol. The molecule has 1 aromatic carbocycles. The third-order valence-corrected chi connectivity index (χ3v) is 5.16. The molecule has 0 aliphatic heterocycles. The van der Waals surface area contributed by atoms with Gasteiger partial charge in [-0.15, -0.1) is 6.58 Å². The molecule has 2 N–H and O–H groups in total. The van der Waals surface area contributed by atoms with Gasteiger partial charge in [0.1, 0.15) is 11.0 Å². The summed E-state index contributed by atoms with van der Waals surface area (Å²) in [6.45, 7) is 7.31. The van der Waals surface area contributed by atoms with Crippen molar-refractivity contribution in [3.05, 3.63) is 77.5 Å². The van der Waals surface area contributed by atoms with Gasteiger partial charge in [-0.05, 0) is 44.2 Å². The van der Waals surface area contributed by atoms with Crippen LogP contribution in [0.5, 0.6) is 0 Å². The van der Waals surface area contributed by atoms with E-state index in [1.165, 1.54) is 10.9 Å². The second kappa shape index (κ2) is 7.68. The fourth-order valence-electron chi connectivity index (χ4n) is 3.57. The third-order valence-electron chi connectivity index (χ3n) is 5.16. The first-order valence-electron chi connectivity index (χ1n) is 10.3. The summed E-state index contributed by atoms with van der Waals surface area (Å²) < 4.78 is 8.23. The van der Waals surface area contributed by atoms with Crippen molar-refractivity contribution in [2.75, 3.05) is 5.32 Å². The number of anilines is 2. The summed E-state index contributed by atoms with van der Waals surface area (Å²) in [5.41, 5.74) is 0.847. The van der Waals surface area contributed by atoms with Gasteiger partial charge >= 0.3 is 0 Å². The van der Waals surface area contributed by atoms with Crippen LogP contribution in [0.4, 0.5) is 11.6 Å². The molecule has 0 amide bonds. The smallest absolute Gasteiger partial charge is 0.278 e. The molecule has 33 heavy (non-hydrogen) atoms. The number of rotatable bonds is 6. The molecule has 0 aliphatic carbocycles. The Hall–Kier alpha value is -4.31. The van der Waals surface area contributed by atoms with Crippen LogP contribution in [0, 0.1) is 0 Å².